The van der Waals surface area contributed by atoms with Crippen molar-refractivity contribution < 1.29 is 13.9 Å². The predicted octanol–water partition coefficient (Wildman–Crippen LogP) is 4.05. The minimum atomic E-state index is -0.434. The maximum absolute atomic E-state index is 13.7. The van der Waals surface area contributed by atoms with Crippen molar-refractivity contribution in [1.29, 1.82) is 0 Å². The second-order valence-electron chi connectivity index (χ2n) is 5.48. The number of rotatable bonds is 3. The van der Waals surface area contributed by atoms with E-state index in [1.165, 1.54) is 29.7 Å². The number of hydrogen-bond donors (Lipinski definition) is 0. The Balaban J connectivity index is 1.73. The molecule has 0 saturated heterocycles. The molecule has 120 valence electrons. The van der Waals surface area contributed by atoms with E-state index >= 15 is 0 Å². The van der Waals surface area contributed by atoms with E-state index in [1.807, 2.05) is 11.8 Å². The molecule has 0 saturated carbocycles. The van der Waals surface area contributed by atoms with Gasteiger partial charge in [-0.2, -0.15) is 0 Å². The van der Waals surface area contributed by atoms with Crippen LogP contribution in [0.4, 0.5) is 4.39 Å². The van der Waals surface area contributed by atoms with Crippen molar-refractivity contribution in [2.75, 3.05) is 13.7 Å². The number of amides is 1. The highest BCUT2D eigenvalue weighted by Gasteiger charge is 2.26. The zero-order chi connectivity index (χ0) is 16.4. The molecule has 1 amide bonds. The third-order valence-electron chi connectivity index (χ3n) is 4.15. The molecular weight excluding hydrogens is 313 g/mol. The molecule has 1 aliphatic heterocycles. The van der Waals surface area contributed by atoms with Crippen LogP contribution in [0.1, 0.15) is 29.0 Å². The molecule has 0 N–H and O–H groups in total. The minimum absolute atomic E-state index is 0.0504. The van der Waals surface area contributed by atoms with Crippen LogP contribution in [-0.2, 0) is 11.2 Å². The van der Waals surface area contributed by atoms with Crippen molar-refractivity contribution in [2.24, 2.45) is 0 Å². The number of benzene rings is 1. The number of halogens is 1. The Kier molecular flexibility index (Phi) is 4.48. The summed E-state index contributed by atoms with van der Waals surface area (Å²) >= 11 is 1.75. The number of nitrogens with zero attached hydrogens (tertiary/aromatic N) is 1. The summed E-state index contributed by atoms with van der Waals surface area (Å²) in [6.45, 7) is 2.76. The zero-order valence-electron chi connectivity index (χ0n) is 13.1. The van der Waals surface area contributed by atoms with Gasteiger partial charge < -0.3 is 9.64 Å². The number of ether oxygens (including phenoxy) is 1. The Morgan fingerprint density at radius 2 is 2.26 bits per heavy atom. The highest BCUT2D eigenvalue weighted by molar-refractivity contribution is 7.10. The molecule has 0 radical (unpaired) electrons. The van der Waals surface area contributed by atoms with E-state index < -0.39 is 5.82 Å². The first-order valence-corrected chi connectivity index (χ1v) is 8.36. The Hall–Kier alpha value is -2.14. The van der Waals surface area contributed by atoms with Gasteiger partial charge in [-0.15, -0.1) is 11.3 Å². The first-order chi connectivity index (χ1) is 11.1. The number of carbonyl (C=O) groups excluding carboxylic acids is 1. The van der Waals surface area contributed by atoms with Crippen LogP contribution < -0.4 is 4.74 Å². The van der Waals surface area contributed by atoms with Crippen molar-refractivity contribution in [3.8, 4) is 5.75 Å². The second-order valence-corrected chi connectivity index (χ2v) is 6.48. The maximum atomic E-state index is 13.7. The van der Waals surface area contributed by atoms with Gasteiger partial charge in [0.2, 0.25) is 5.91 Å². The van der Waals surface area contributed by atoms with Crippen molar-refractivity contribution in [3.63, 3.8) is 0 Å². The number of hydrogen-bond acceptors (Lipinski definition) is 3. The smallest absolute Gasteiger partial charge is 0.247 e. The standard InChI is InChI=1S/C18H18FNO2S/c1-12-14-8-10-23-17(14)7-9-20(12)18(21)6-4-13-3-5-16(22-2)15(19)11-13/h3-6,8,10-12H,7,9H2,1-2H3/b6-4+. The summed E-state index contributed by atoms with van der Waals surface area (Å²) < 4.78 is 18.6. The molecule has 0 spiro atoms. The summed E-state index contributed by atoms with van der Waals surface area (Å²) in [5, 5.41) is 2.07. The van der Waals surface area contributed by atoms with Crippen molar-refractivity contribution in [2.45, 2.75) is 19.4 Å². The lowest BCUT2D eigenvalue weighted by Crippen LogP contribution is -2.37. The van der Waals surface area contributed by atoms with Crippen molar-refractivity contribution in [1.82, 2.24) is 4.90 Å². The topological polar surface area (TPSA) is 29.5 Å². The highest BCUT2D eigenvalue weighted by atomic mass is 32.1. The molecule has 3 rings (SSSR count). The fraction of sp³-hybridized carbons (Fsp3) is 0.278. The number of methoxy groups -OCH3 is 1. The molecule has 0 fully saturated rings. The predicted molar refractivity (Wildman–Crippen MR) is 90.1 cm³/mol. The van der Waals surface area contributed by atoms with E-state index in [0.717, 1.165) is 13.0 Å². The Morgan fingerprint density at radius 3 is 3.00 bits per heavy atom. The van der Waals surface area contributed by atoms with Gasteiger partial charge in [-0.1, -0.05) is 6.07 Å². The molecule has 1 unspecified atom stereocenters. The van der Waals surface area contributed by atoms with E-state index in [2.05, 4.69) is 11.4 Å². The average molecular weight is 331 g/mol. The van der Waals surface area contributed by atoms with Crippen LogP contribution in [0.3, 0.4) is 0 Å². The molecule has 0 aliphatic carbocycles. The van der Waals surface area contributed by atoms with Gasteiger partial charge in [0.15, 0.2) is 11.6 Å². The van der Waals surface area contributed by atoms with Gasteiger partial charge >= 0.3 is 0 Å². The molecule has 1 atom stereocenters. The van der Waals surface area contributed by atoms with E-state index in [-0.39, 0.29) is 17.7 Å². The average Bonchev–Trinajstić information content (AvgIpc) is 3.02. The Labute approximate surface area is 139 Å². The summed E-state index contributed by atoms with van der Waals surface area (Å²) in [7, 11) is 1.42. The molecule has 0 bridgehead atoms. The van der Waals surface area contributed by atoms with Crippen LogP contribution in [0.5, 0.6) is 5.75 Å². The lowest BCUT2D eigenvalue weighted by atomic mass is 10.0. The molecule has 1 aliphatic rings. The largest absolute Gasteiger partial charge is 0.494 e. The van der Waals surface area contributed by atoms with E-state index in [1.54, 1.807) is 29.5 Å². The first kappa shape index (κ1) is 15.7. The van der Waals surface area contributed by atoms with Gasteiger partial charge in [0.05, 0.1) is 13.2 Å². The molecular formula is C18H18FNO2S. The minimum Gasteiger partial charge on any atom is -0.494 e. The number of fused-ring (bicyclic) bond motifs is 1. The van der Waals surface area contributed by atoms with Crippen LogP contribution in [0.2, 0.25) is 0 Å². The molecule has 3 nitrogen and oxygen atoms in total. The Bertz CT molecular complexity index is 753. The van der Waals surface area contributed by atoms with Crippen LogP contribution in [0.25, 0.3) is 6.08 Å². The molecule has 2 aromatic rings. The van der Waals surface area contributed by atoms with Crippen molar-refractivity contribution in [3.05, 3.63) is 57.5 Å². The summed E-state index contributed by atoms with van der Waals surface area (Å²) in [6.07, 6.45) is 4.05. The first-order valence-electron chi connectivity index (χ1n) is 7.48. The molecule has 2 heterocycles. The quantitative estimate of drug-likeness (QED) is 0.794. The zero-order valence-corrected chi connectivity index (χ0v) is 13.9. The normalized spacial score (nSPS) is 17.3. The lowest BCUT2D eigenvalue weighted by Gasteiger charge is -2.32. The third-order valence-corrected chi connectivity index (χ3v) is 5.15. The summed E-state index contributed by atoms with van der Waals surface area (Å²) in [5.41, 5.74) is 1.87. The van der Waals surface area contributed by atoms with Gasteiger partial charge in [-0.3, -0.25) is 4.79 Å². The summed E-state index contributed by atoms with van der Waals surface area (Å²) in [5.74, 6) is -0.287. The number of thiophene rings is 1. The molecule has 1 aromatic heterocycles. The van der Waals surface area contributed by atoms with Gasteiger partial charge in [-0.25, -0.2) is 4.39 Å². The summed E-state index contributed by atoms with van der Waals surface area (Å²) in [6, 6.07) is 6.81. The van der Waals surface area contributed by atoms with Gasteiger partial charge in [0.25, 0.3) is 0 Å². The van der Waals surface area contributed by atoms with Crippen molar-refractivity contribution >= 4 is 23.3 Å². The second kappa shape index (κ2) is 6.54. The lowest BCUT2D eigenvalue weighted by molar-refractivity contribution is -0.128. The van der Waals surface area contributed by atoms with Crippen LogP contribution in [-0.4, -0.2) is 24.5 Å². The van der Waals surface area contributed by atoms with E-state index in [4.69, 9.17) is 4.74 Å². The van der Waals surface area contributed by atoms with Gasteiger partial charge in [0, 0.05) is 17.5 Å². The monoisotopic (exact) mass is 331 g/mol. The van der Waals surface area contributed by atoms with Gasteiger partial charge in [-0.05, 0) is 54.1 Å². The van der Waals surface area contributed by atoms with Crippen LogP contribution in [0.15, 0.2) is 35.7 Å². The summed E-state index contributed by atoms with van der Waals surface area (Å²) in [4.78, 5) is 15.7. The van der Waals surface area contributed by atoms with E-state index in [0.29, 0.717) is 5.56 Å². The van der Waals surface area contributed by atoms with Gasteiger partial charge in [0.1, 0.15) is 0 Å². The van der Waals surface area contributed by atoms with Crippen LogP contribution >= 0.6 is 11.3 Å². The van der Waals surface area contributed by atoms with Crippen LogP contribution in [0, 0.1) is 5.82 Å². The number of carbonyl (C=O) groups is 1. The third kappa shape index (κ3) is 3.15. The highest BCUT2D eigenvalue weighted by Crippen LogP contribution is 2.32. The molecule has 23 heavy (non-hydrogen) atoms. The van der Waals surface area contributed by atoms with E-state index in [9.17, 15) is 9.18 Å². The fourth-order valence-electron chi connectivity index (χ4n) is 2.86. The fourth-order valence-corrected chi connectivity index (χ4v) is 3.82. The Morgan fingerprint density at radius 1 is 1.43 bits per heavy atom. The molecule has 5 heteroatoms. The molecule has 1 aromatic carbocycles. The maximum Gasteiger partial charge on any atom is 0.247 e. The SMILES string of the molecule is COc1ccc(/C=C/C(=O)N2CCc3sccc3C2C)cc1F.